The van der Waals surface area contributed by atoms with E-state index in [4.69, 9.17) is 0 Å². The van der Waals surface area contributed by atoms with Crippen molar-refractivity contribution in [3.63, 3.8) is 0 Å². The lowest BCUT2D eigenvalue weighted by Crippen LogP contribution is -2.49. The van der Waals surface area contributed by atoms with E-state index < -0.39 is 18.3 Å². The average molecular weight is 447 g/mol. The Hall–Kier alpha value is -2.56. The van der Waals surface area contributed by atoms with Crippen LogP contribution in [0, 0.1) is 0 Å². The summed E-state index contributed by atoms with van der Waals surface area (Å²) in [6.07, 6.45) is 5.75. The number of hydrogen-bond acceptors (Lipinski definition) is 6. The predicted octanol–water partition coefficient (Wildman–Crippen LogP) is 4.47. The minimum Gasteiger partial charge on any atom is -0.415 e. The Kier molecular flexibility index (Phi) is 11.7. The molecule has 2 aromatic rings. The van der Waals surface area contributed by atoms with Crippen LogP contribution in [0.15, 0.2) is 23.3 Å². The molecule has 3 heterocycles. The molecule has 0 bridgehead atoms. The van der Waals surface area contributed by atoms with Gasteiger partial charge in [0.15, 0.2) is 0 Å². The summed E-state index contributed by atoms with van der Waals surface area (Å²) in [4.78, 5) is 19.2. The fourth-order valence-electron chi connectivity index (χ4n) is 3.41. The SMILES string of the molecule is CC.CCC1CCC(F)C(CC)N1C.O=c1cncc(Nc2cc(OC(F)F)n[nH]2)[nH]1. The van der Waals surface area contributed by atoms with Crippen LogP contribution < -0.4 is 15.6 Å². The highest BCUT2D eigenvalue weighted by atomic mass is 19.3. The number of rotatable bonds is 6. The van der Waals surface area contributed by atoms with Gasteiger partial charge in [0.2, 0.25) is 5.88 Å². The third-order valence-corrected chi connectivity index (χ3v) is 4.87. The van der Waals surface area contributed by atoms with Crippen LogP contribution in [0.5, 0.6) is 5.88 Å². The molecule has 1 fully saturated rings. The molecular formula is C20H33F3N6O2. The van der Waals surface area contributed by atoms with Crippen LogP contribution in [0.3, 0.4) is 0 Å². The van der Waals surface area contributed by atoms with E-state index in [1.807, 2.05) is 13.8 Å². The highest BCUT2D eigenvalue weighted by molar-refractivity contribution is 5.51. The van der Waals surface area contributed by atoms with Crippen LogP contribution in [0.25, 0.3) is 0 Å². The monoisotopic (exact) mass is 446 g/mol. The van der Waals surface area contributed by atoms with E-state index in [1.54, 1.807) is 0 Å². The lowest BCUT2D eigenvalue weighted by molar-refractivity contribution is -0.0528. The van der Waals surface area contributed by atoms with Gasteiger partial charge in [0, 0.05) is 18.2 Å². The first-order valence-electron chi connectivity index (χ1n) is 10.5. The smallest absolute Gasteiger partial charge is 0.388 e. The number of aromatic nitrogens is 4. The Balaban J connectivity index is 0.000000303. The zero-order valence-electron chi connectivity index (χ0n) is 18.7. The molecule has 31 heavy (non-hydrogen) atoms. The van der Waals surface area contributed by atoms with Gasteiger partial charge in [-0.25, -0.2) is 4.39 Å². The van der Waals surface area contributed by atoms with Crippen LogP contribution in [0.1, 0.15) is 53.4 Å². The quantitative estimate of drug-likeness (QED) is 0.606. The Morgan fingerprint density at radius 3 is 2.52 bits per heavy atom. The summed E-state index contributed by atoms with van der Waals surface area (Å²) in [5, 5.41) is 8.56. The van der Waals surface area contributed by atoms with Crippen molar-refractivity contribution in [3.05, 3.63) is 28.8 Å². The fraction of sp³-hybridized carbons (Fsp3) is 0.650. The minimum atomic E-state index is -2.94. The molecule has 0 radical (unpaired) electrons. The molecule has 1 saturated heterocycles. The maximum atomic E-state index is 13.4. The number of anilines is 2. The molecule has 3 unspecified atom stereocenters. The summed E-state index contributed by atoms with van der Waals surface area (Å²) in [6, 6.07) is 2.00. The van der Waals surface area contributed by atoms with Gasteiger partial charge in [-0.1, -0.05) is 27.7 Å². The minimum absolute atomic E-state index is 0.170. The van der Waals surface area contributed by atoms with Crippen LogP contribution in [-0.2, 0) is 0 Å². The number of nitrogens with zero attached hydrogens (tertiary/aromatic N) is 3. The van der Waals surface area contributed by atoms with E-state index in [2.05, 4.69) is 56.0 Å². The fourth-order valence-corrected chi connectivity index (χ4v) is 3.41. The first kappa shape index (κ1) is 26.5. The van der Waals surface area contributed by atoms with E-state index in [1.165, 1.54) is 12.3 Å². The van der Waals surface area contributed by atoms with Crippen molar-refractivity contribution in [2.75, 3.05) is 12.4 Å². The van der Waals surface area contributed by atoms with Gasteiger partial charge in [-0.3, -0.25) is 19.8 Å². The summed E-state index contributed by atoms with van der Waals surface area (Å²) in [6.45, 7) is 5.32. The summed E-state index contributed by atoms with van der Waals surface area (Å²) in [5.41, 5.74) is -0.390. The van der Waals surface area contributed by atoms with Gasteiger partial charge in [0.25, 0.3) is 5.56 Å². The highest BCUT2D eigenvalue weighted by Crippen LogP contribution is 2.27. The Bertz CT molecular complexity index is 801. The Labute approximate surface area is 180 Å². The number of halogens is 3. The van der Waals surface area contributed by atoms with Gasteiger partial charge in [-0.2, -0.15) is 8.78 Å². The zero-order chi connectivity index (χ0) is 23.4. The van der Waals surface area contributed by atoms with Crippen LogP contribution in [0.2, 0.25) is 0 Å². The van der Waals surface area contributed by atoms with Crippen LogP contribution >= 0.6 is 0 Å². The maximum absolute atomic E-state index is 13.4. The number of H-pyrrole nitrogens is 2. The lowest BCUT2D eigenvalue weighted by atomic mass is 9.92. The van der Waals surface area contributed by atoms with Gasteiger partial charge >= 0.3 is 6.61 Å². The lowest BCUT2D eigenvalue weighted by Gasteiger charge is -2.40. The van der Waals surface area contributed by atoms with Gasteiger partial charge in [-0.15, -0.1) is 5.10 Å². The third kappa shape index (κ3) is 8.60. The number of ether oxygens (including phenoxy) is 1. The zero-order valence-corrected chi connectivity index (χ0v) is 18.7. The first-order valence-corrected chi connectivity index (χ1v) is 10.5. The Morgan fingerprint density at radius 1 is 1.23 bits per heavy atom. The molecule has 1 aliphatic rings. The van der Waals surface area contributed by atoms with E-state index in [0.717, 1.165) is 31.9 Å². The number of likely N-dealkylation sites (tertiary alicyclic amines) is 1. The van der Waals surface area contributed by atoms with Gasteiger partial charge < -0.3 is 15.0 Å². The van der Waals surface area contributed by atoms with E-state index in [-0.39, 0.29) is 17.7 Å². The molecule has 0 aliphatic carbocycles. The van der Waals surface area contributed by atoms with Crippen molar-refractivity contribution < 1.29 is 17.9 Å². The molecule has 3 N–H and O–H groups in total. The molecule has 3 atom stereocenters. The molecule has 3 rings (SSSR count). The second-order valence-corrected chi connectivity index (χ2v) is 6.73. The van der Waals surface area contributed by atoms with Crippen molar-refractivity contribution in [2.45, 2.75) is 78.2 Å². The van der Waals surface area contributed by atoms with Crippen LogP contribution in [0.4, 0.5) is 24.8 Å². The highest BCUT2D eigenvalue weighted by Gasteiger charge is 2.32. The van der Waals surface area contributed by atoms with Crippen molar-refractivity contribution in [1.29, 1.82) is 0 Å². The third-order valence-electron chi connectivity index (χ3n) is 4.87. The molecule has 2 aromatic heterocycles. The van der Waals surface area contributed by atoms with Gasteiger partial charge in [0.05, 0.1) is 12.4 Å². The molecule has 11 heteroatoms. The molecule has 0 spiro atoms. The number of hydrogen-bond donors (Lipinski definition) is 3. The summed E-state index contributed by atoms with van der Waals surface area (Å²) >= 11 is 0. The normalized spacial score (nSPS) is 20.9. The number of alkyl halides is 3. The topological polar surface area (TPSA) is 98.9 Å². The Morgan fingerprint density at radius 2 is 1.94 bits per heavy atom. The molecule has 1 aliphatic heterocycles. The molecule has 0 saturated carbocycles. The second-order valence-electron chi connectivity index (χ2n) is 6.73. The van der Waals surface area contributed by atoms with Crippen molar-refractivity contribution >= 4 is 11.6 Å². The molecule has 8 nitrogen and oxygen atoms in total. The predicted molar refractivity (Wildman–Crippen MR) is 115 cm³/mol. The second kappa shape index (κ2) is 13.7. The summed E-state index contributed by atoms with van der Waals surface area (Å²) in [5.74, 6) is 0.322. The van der Waals surface area contributed by atoms with E-state index in [9.17, 15) is 18.0 Å². The average Bonchev–Trinajstić information content (AvgIpc) is 3.16. The number of aromatic amines is 2. The largest absolute Gasteiger partial charge is 0.415 e. The molecule has 0 amide bonds. The van der Waals surface area contributed by atoms with E-state index in [0.29, 0.717) is 11.9 Å². The first-order chi connectivity index (χ1) is 14.8. The van der Waals surface area contributed by atoms with Crippen LogP contribution in [-0.4, -0.2) is 57.0 Å². The summed E-state index contributed by atoms with van der Waals surface area (Å²) < 4.78 is 41.1. The molecule has 176 valence electrons. The van der Waals surface area contributed by atoms with Crippen molar-refractivity contribution in [2.24, 2.45) is 0 Å². The van der Waals surface area contributed by atoms with Gasteiger partial charge in [-0.05, 0) is 32.7 Å². The number of piperidine rings is 1. The van der Waals surface area contributed by atoms with E-state index >= 15 is 0 Å². The molecular weight excluding hydrogens is 413 g/mol. The van der Waals surface area contributed by atoms with Gasteiger partial charge in [0.1, 0.15) is 17.8 Å². The standard InChI is InChI=1S/C10H20FN.C8H7F2N5O2.C2H6/c1-4-8-6-7-9(11)10(5-2)12(8)3;9-8(10)17-7-1-4(14-15-7)12-5-2-11-3-6(16)13-5;1-2/h8-10H,4-7H2,1-3H3;1-3,8H,(H3,12,13,14,15,16);1-2H3. The summed E-state index contributed by atoms with van der Waals surface area (Å²) in [7, 11) is 2.06. The maximum Gasteiger partial charge on any atom is 0.388 e. The van der Waals surface area contributed by atoms with Crippen molar-refractivity contribution in [3.8, 4) is 5.88 Å². The number of nitrogens with one attached hydrogen (secondary N) is 3. The van der Waals surface area contributed by atoms with Crippen molar-refractivity contribution in [1.82, 2.24) is 25.1 Å². The molecule has 0 aromatic carbocycles.